The summed E-state index contributed by atoms with van der Waals surface area (Å²) in [6.07, 6.45) is 3.28. The Morgan fingerprint density at radius 2 is 2.16 bits per heavy atom. The maximum atomic E-state index is 6.07. The van der Waals surface area contributed by atoms with E-state index in [0.29, 0.717) is 12.6 Å². The van der Waals surface area contributed by atoms with Crippen LogP contribution in [0.15, 0.2) is 29.3 Å². The van der Waals surface area contributed by atoms with E-state index in [1.807, 2.05) is 0 Å². The second kappa shape index (κ2) is 4.85. The van der Waals surface area contributed by atoms with Gasteiger partial charge >= 0.3 is 0 Å². The van der Waals surface area contributed by atoms with Crippen LogP contribution in [0.2, 0.25) is 0 Å². The van der Waals surface area contributed by atoms with Crippen LogP contribution in [0.3, 0.4) is 0 Å². The largest absolute Gasteiger partial charge is 0.383 e. The second-order valence-corrected chi connectivity index (χ2v) is 5.49. The van der Waals surface area contributed by atoms with Crippen LogP contribution in [-0.4, -0.2) is 43.2 Å². The molecule has 0 radical (unpaired) electrons. The summed E-state index contributed by atoms with van der Waals surface area (Å²) in [5.74, 6) is 0.677. The van der Waals surface area contributed by atoms with Gasteiger partial charge in [-0.25, -0.2) is 0 Å². The van der Waals surface area contributed by atoms with E-state index in [4.69, 9.17) is 10.5 Å². The Balaban J connectivity index is 1.85. The number of aryl methyl sites for hydroxylation is 1. The first-order valence-corrected chi connectivity index (χ1v) is 6.88. The van der Waals surface area contributed by atoms with Gasteiger partial charge in [0.1, 0.15) is 0 Å². The first-order valence-electron chi connectivity index (χ1n) is 6.88. The van der Waals surface area contributed by atoms with Crippen molar-refractivity contribution in [3.8, 4) is 0 Å². The molecule has 0 saturated carbocycles. The van der Waals surface area contributed by atoms with E-state index in [9.17, 15) is 0 Å². The lowest BCUT2D eigenvalue weighted by atomic mass is 9.77. The minimum absolute atomic E-state index is 0.0803. The van der Waals surface area contributed by atoms with Crippen LogP contribution < -0.4 is 5.73 Å². The molecular formula is C15H21N3O. The van der Waals surface area contributed by atoms with Crippen LogP contribution in [-0.2, 0) is 17.6 Å². The van der Waals surface area contributed by atoms with Gasteiger partial charge in [-0.1, -0.05) is 24.3 Å². The van der Waals surface area contributed by atoms with Gasteiger partial charge in [0.2, 0.25) is 0 Å². The fourth-order valence-electron chi connectivity index (χ4n) is 3.33. The molecule has 102 valence electrons. The summed E-state index contributed by atoms with van der Waals surface area (Å²) in [6.45, 7) is 2.34. The summed E-state index contributed by atoms with van der Waals surface area (Å²) in [6, 6.07) is 8.72. The molecule has 4 nitrogen and oxygen atoms in total. The molecule has 0 bridgehead atoms. The van der Waals surface area contributed by atoms with Crippen LogP contribution in [0.4, 0.5) is 0 Å². The standard InChI is InChI=1S/C15H21N3O/c1-19-9-8-18-14(16)17-11-15(18)7-6-12-4-2-3-5-13(12)10-15/h2-5H,6-11H2,1H3,(H2,16,17). The Hall–Kier alpha value is -1.55. The van der Waals surface area contributed by atoms with Crippen LogP contribution in [0.5, 0.6) is 0 Å². The molecule has 0 aromatic heterocycles. The number of guanidine groups is 1. The van der Waals surface area contributed by atoms with Crippen LogP contribution in [0, 0.1) is 0 Å². The highest BCUT2D eigenvalue weighted by atomic mass is 16.5. The molecular weight excluding hydrogens is 238 g/mol. The number of hydrogen-bond acceptors (Lipinski definition) is 4. The van der Waals surface area contributed by atoms with Gasteiger partial charge in [-0.15, -0.1) is 0 Å². The summed E-state index contributed by atoms with van der Waals surface area (Å²) in [4.78, 5) is 6.74. The number of rotatable bonds is 3. The van der Waals surface area contributed by atoms with Crippen molar-refractivity contribution in [2.24, 2.45) is 10.7 Å². The van der Waals surface area contributed by atoms with Crippen molar-refractivity contribution in [3.63, 3.8) is 0 Å². The van der Waals surface area contributed by atoms with E-state index in [2.05, 4.69) is 34.2 Å². The van der Waals surface area contributed by atoms with Gasteiger partial charge in [0.05, 0.1) is 18.7 Å². The predicted octanol–water partition coefficient (Wildman–Crippen LogP) is 1.19. The Morgan fingerprint density at radius 1 is 1.37 bits per heavy atom. The second-order valence-electron chi connectivity index (χ2n) is 5.49. The third kappa shape index (κ3) is 2.10. The molecule has 1 atom stereocenters. The molecule has 3 rings (SSSR count). The molecule has 1 aliphatic heterocycles. The van der Waals surface area contributed by atoms with Crippen molar-refractivity contribution in [2.45, 2.75) is 24.8 Å². The fourth-order valence-corrected chi connectivity index (χ4v) is 3.33. The summed E-state index contributed by atoms with van der Waals surface area (Å²) < 4.78 is 5.20. The van der Waals surface area contributed by atoms with Crippen LogP contribution in [0.25, 0.3) is 0 Å². The number of ether oxygens (including phenoxy) is 1. The molecule has 1 spiro atoms. The number of aliphatic imine (C=N–C) groups is 1. The van der Waals surface area contributed by atoms with Crippen LogP contribution >= 0.6 is 0 Å². The summed E-state index contributed by atoms with van der Waals surface area (Å²) in [5.41, 5.74) is 9.07. The van der Waals surface area contributed by atoms with E-state index in [1.165, 1.54) is 11.1 Å². The van der Waals surface area contributed by atoms with E-state index < -0.39 is 0 Å². The number of hydrogen-bond donors (Lipinski definition) is 1. The van der Waals surface area contributed by atoms with E-state index >= 15 is 0 Å². The molecule has 4 heteroatoms. The van der Waals surface area contributed by atoms with Gasteiger partial charge in [0.15, 0.2) is 5.96 Å². The summed E-state index contributed by atoms with van der Waals surface area (Å²) in [5, 5.41) is 0. The summed E-state index contributed by atoms with van der Waals surface area (Å²) in [7, 11) is 1.73. The molecule has 1 aromatic carbocycles. The average molecular weight is 259 g/mol. The van der Waals surface area contributed by atoms with Crippen molar-refractivity contribution < 1.29 is 4.74 Å². The zero-order chi connectivity index (χ0) is 13.3. The van der Waals surface area contributed by atoms with Gasteiger partial charge < -0.3 is 15.4 Å². The lowest BCUT2D eigenvalue weighted by molar-refractivity contribution is 0.119. The number of fused-ring (bicyclic) bond motifs is 1. The van der Waals surface area contributed by atoms with Gasteiger partial charge in [0, 0.05) is 13.7 Å². The number of nitrogens with zero attached hydrogens (tertiary/aromatic N) is 2. The minimum Gasteiger partial charge on any atom is -0.383 e. The highest BCUT2D eigenvalue weighted by Gasteiger charge is 2.43. The molecule has 2 N–H and O–H groups in total. The molecule has 19 heavy (non-hydrogen) atoms. The third-order valence-electron chi connectivity index (χ3n) is 4.40. The molecule has 1 aromatic rings. The maximum Gasteiger partial charge on any atom is 0.191 e. The zero-order valence-corrected chi connectivity index (χ0v) is 11.4. The zero-order valence-electron chi connectivity index (χ0n) is 11.4. The van der Waals surface area contributed by atoms with Crippen molar-refractivity contribution >= 4 is 5.96 Å². The van der Waals surface area contributed by atoms with Crippen molar-refractivity contribution in [2.75, 3.05) is 26.8 Å². The lowest BCUT2D eigenvalue weighted by Crippen LogP contribution is -2.55. The topological polar surface area (TPSA) is 50.9 Å². The molecule has 0 amide bonds. The molecule has 1 heterocycles. The molecule has 0 fully saturated rings. The Morgan fingerprint density at radius 3 is 2.95 bits per heavy atom. The first-order chi connectivity index (χ1) is 9.25. The van der Waals surface area contributed by atoms with Crippen molar-refractivity contribution in [1.29, 1.82) is 0 Å². The molecule has 0 saturated heterocycles. The van der Waals surface area contributed by atoms with E-state index in [1.54, 1.807) is 7.11 Å². The quantitative estimate of drug-likeness (QED) is 0.887. The number of methoxy groups -OCH3 is 1. The average Bonchev–Trinajstić information content (AvgIpc) is 2.73. The van der Waals surface area contributed by atoms with E-state index in [0.717, 1.165) is 32.4 Å². The van der Waals surface area contributed by atoms with Crippen molar-refractivity contribution in [1.82, 2.24) is 4.90 Å². The molecule has 2 aliphatic rings. The Labute approximate surface area is 114 Å². The van der Waals surface area contributed by atoms with Crippen molar-refractivity contribution in [3.05, 3.63) is 35.4 Å². The number of nitrogens with two attached hydrogens (primary N) is 1. The van der Waals surface area contributed by atoms with Gasteiger partial charge in [-0.05, 0) is 30.4 Å². The predicted molar refractivity (Wildman–Crippen MR) is 76.3 cm³/mol. The fraction of sp³-hybridized carbons (Fsp3) is 0.533. The monoisotopic (exact) mass is 259 g/mol. The van der Waals surface area contributed by atoms with Crippen LogP contribution in [0.1, 0.15) is 17.5 Å². The SMILES string of the molecule is COCCN1C(N)=NCC12CCc1ccccc1C2. The van der Waals surface area contributed by atoms with Gasteiger partial charge in [0.25, 0.3) is 0 Å². The highest BCUT2D eigenvalue weighted by Crippen LogP contribution is 2.36. The molecule has 1 aliphatic carbocycles. The normalized spacial score (nSPS) is 25.5. The Bertz CT molecular complexity index is 500. The smallest absolute Gasteiger partial charge is 0.191 e. The van der Waals surface area contributed by atoms with Gasteiger partial charge in [-0.2, -0.15) is 0 Å². The Kier molecular flexibility index (Phi) is 3.19. The maximum absolute atomic E-state index is 6.07. The highest BCUT2D eigenvalue weighted by molar-refractivity contribution is 5.81. The first kappa shape index (κ1) is 12.5. The summed E-state index contributed by atoms with van der Waals surface area (Å²) >= 11 is 0. The minimum atomic E-state index is 0.0803. The van der Waals surface area contributed by atoms with Gasteiger partial charge in [-0.3, -0.25) is 4.99 Å². The third-order valence-corrected chi connectivity index (χ3v) is 4.40. The van der Waals surface area contributed by atoms with E-state index in [-0.39, 0.29) is 5.54 Å². The molecule has 1 unspecified atom stereocenters. The number of benzene rings is 1. The lowest BCUT2D eigenvalue weighted by Gasteiger charge is -2.42.